The van der Waals surface area contributed by atoms with E-state index in [0.717, 1.165) is 52.6 Å². The number of fused-ring (bicyclic) bond motifs is 9. The number of carbonyl (C=O) groups excluding carboxylic acids is 1. The summed E-state index contributed by atoms with van der Waals surface area (Å²) in [6.45, 7) is 8.36. The zero-order valence-corrected chi connectivity index (χ0v) is 32.7. The van der Waals surface area contributed by atoms with Crippen molar-refractivity contribution >= 4 is 5.91 Å². The van der Waals surface area contributed by atoms with Gasteiger partial charge in [0.25, 0.3) is 0 Å². The third-order valence-electron chi connectivity index (χ3n) is 11.0. The number of aromatic hydroxyl groups is 2. The smallest absolute Gasteiger partial charge is 0.231 e. The molecule has 1 radical (unpaired) electrons. The van der Waals surface area contributed by atoms with E-state index >= 15 is 0 Å². The number of likely N-dealkylation sites (N-methyl/N-ethyl adjacent to an activating group) is 1. The Labute approximate surface area is 309 Å². The zero-order chi connectivity index (χ0) is 32.0. The van der Waals surface area contributed by atoms with Gasteiger partial charge < -0.3 is 25.0 Å². The molecule has 9 nitrogen and oxygen atoms in total. The first-order valence-electron chi connectivity index (χ1n) is 16.8. The molecule has 1 amide bonds. The van der Waals surface area contributed by atoms with Gasteiger partial charge in [0, 0.05) is 91.4 Å². The summed E-state index contributed by atoms with van der Waals surface area (Å²) in [6, 6.07) is 3.37. The molecular formula is C36H48AcN4O5. The number of phenols is 2. The Morgan fingerprint density at radius 1 is 0.978 bits per heavy atom. The van der Waals surface area contributed by atoms with Crippen molar-refractivity contribution in [2.24, 2.45) is 0 Å². The van der Waals surface area contributed by atoms with Crippen LogP contribution in [0.1, 0.15) is 109 Å². The van der Waals surface area contributed by atoms with Crippen molar-refractivity contribution in [3.63, 3.8) is 0 Å². The van der Waals surface area contributed by atoms with Crippen LogP contribution >= 0.6 is 0 Å². The molecule has 2 aromatic rings. The maximum Gasteiger partial charge on any atom is 0.231 e. The molecule has 4 heterocycles. The SMILES string of the molecule is CCCCCCCCCC(=O)NC[C@H]1c2c(c(O)c(C)c3c2OCO3)CC2C3c4c(cc(C)c(C)c4O)C[C@@H]([C@H](C#N)N21)N3C.[Ac]. The van der Waals surface area contributed by atoms with E-state index in [0.29, 0.717) is 42.1 Å². The monoisotopic (exact) mass is 843 g/mol. The first-order chi connectivity index (χ1) is 21.7. The van der Waals surface area contributed by atoms with Gasteiger partial charge in [0.2, 0.25) is 12.7 Å². The predicted molar refractivity (Wildman–Crippen MR) is 172 cm³/mol. The number of hydrogen-bond donors (Lipinski definition) is 3. The number of aryl methyl sites for hydroxylation is 1. The Hall–Kier alpha value is -2.04. The third kappa shape index (κ3) is 6.04. The number of unbranched alkanes of at least 4 members (excludes halogenated alkanes) is 6. The molecular weight excluding hydrogens is 795 g/mol. The van der Waals surface area contributed by atoms with Crippen molar-refractivity contribution in [1.82, 2.24) is 15.1 Å². The van der Waals surface area contributed by atoms with Crippen LogP contribution in [0.25, 0.3) is 0 Å². The number of benzene rings is 2. The zero-order valence-electron chi connectivity index (χ0n) is 28.0. The standard InChI is InChI=1S/C36H48N4O5.Ac/c1-6-7-8-9-10-11-12-13-29(41)38-18-28-31-24(33(42)22(4)35-36(31)45-19-44-35)16-26-32-30-23(14-20(2)21(3)34(30)43)15-25(39(32)5)27(17-37)40(26)28;/h14,25-28,32,42-43H,6-13,15-16,18-19H2,1-5H3,(H,38,41);/t25-,26?,27-,28-,32?;/m0./s1. The summed E-state index contributed by atoms with van der Waals surface area (Å²) < 4.78 is 11.9. The second-order valence-electron chi connectivity index (χ2n) is 13.5. The average molecular weight is 844 g/mol. The van der Waals surface area contributed by atoms with E-state index in [-0.39, 0.29) is 87.2 Å². The molecule has 0 aromatic heterocycles. The number of nitriles is 1. The number of rotatable bonds is 10. The minimum absolute atomic E-state index is 0. The van der Waals surface area contributed by atoms with E-state index in [1.165, 1.54) is 25.7 Å². The van der Waals surface area contributed by atoms with Gasteiger partial charge in [-0.25, -0.2) is 0 Å². The van der Waals surface area contributed by atoms with Crippen LogP contribution in [0.3, 0.4) is 0 Å². The van der Waals surface area contributed by atoms with Gasteiger partial charge in [-0.05, 0) is 63.8 Å². The van der Waals surface area contributed by atoms with Crippen molar-refractivity contribution in [1.29, 1.82) is 5.26 Å². The molecule has 245 valence electrons. The molecule has 3 N–H and O–H groups in total. The fourth-order valence-corrected chi connectivity index (χ4v) is 8.45. The maximum atomic E-state index is 13.2. The average Bonchev–Trinajstić information content (AvgIpc) is 3.51. The maximum absolute atomic E-state index is 13.2. The van der Waals surface area contributed by atoms with Crippen molar-refractivity contribution in [2.75, 3.05) is 20.4 Å². The molecule has 10 heteroatoms. The molecule has 0 aliphatic carbocycles. The summed E-state index contributed by atoms with van der Waals surface area (Å²) in [7, 11) is 2.05. The molecule has 2 aromatic carbocycles. The first-order valence-corrected chi connectivity index (χ1v) is 16.8. The Morgan fingerprint density at radius 2 is 1.67 bits per heavy atom. The molecule has 5 atom stereocenters. The fourth-order valence-electron chi connectivity index (χ4n) is 8.45. The molecule has 6 rings (SSSR count). The van der Waals surface area contributed by atoms with Gasteiger partial charge in [0.05, 0.1) is 18.2 Å². The van der Waals surface area contributed by atoms with E-state index < -0.39 is 12.1 Å². The van der Waals surface area contributed by atoms with Gasteiger partial charge >= 0.3 is 0 Å². The molecule has 1 saturated heterocycles. The van der Waals surface area contributed by atoms with E-state index in [2.05, 4.69) is 34.2 Å². The molecule has 0 saturated carbocycles. The topological polar surface area (TPSA) is 118 Å². The first kappa shape index (κ1) is 35.3. The van der Waals surface area contributed by atoms with Crippen molar-refractivity contribution < 1.29 is 68.5 Å². The Bertz CT molecular complexity index is 1520. The Morgan fingerprint density at radius 3 is 2.39 bits per heavy atom. The second kappa shape index (κ2) is 14.6. The molecule has 2 bridgehead atoms. The number of nitrogens with zero attached hydrogens (tertiary/aromatic N) is 3. The van der Waals surface area contributed by atoms with Crippen LogP contribution in [0.15, 0.2) is 6.07 Å². The predicted octanol–water partition coefficient (Wildman–Crippen LogP) is 5.78. The quantitative estimate of drug-likeness (QED) is 0.258. The van der Waals surface area contributed by atoms with Crippen LogP contribution in [0.5, 0.6) is 23.0 Å². The summed E-state index contributed by atoms with van der Waals surface area (Å²) in [6.07, 6.45) is 9.55. The van der Waals surface area contributed by atoms with E-state index in [4.69, 9.17) is 9.47 Å². The summed E-state index contributed by atoms with van der Waals surface area (Å²) in [5.74, 6) is 1.61. The van der Waals surface area contributed by atoms with Gasteiger partial charge in [-0.2, -0.15) is 5.26 Å². The van der Waals surface area contributed by atoms with Crippen LogP contribution in [-0.4, -0.2) is 64.4 Å². The summed E-state index contributed by atoms with van der Waals surface area (Å²) in [5, 5.41) is 37.1. The van der Waals surface area contributed by atoms with Gasteiger partial charge in [0.15, 0.2) is 11.5 Å². The van der Waals surface area contributed by atoms with Crippen molar-refractivity contribution in [3.8, 4) is 29.1 Å². The van der Waals surface area contributed by atoms with Crippen LogP contribution in [0.2, 0.25) is 0 Å². The molecule has 4 aliphatic heterocycles. The molecule has 0 spiro atoms. The van der Waals surface area contributed by atoms with Crippen LogP contribution in [-0.2, 0) is 17.6 Å². The summed E-state index contributed by atoms with van der Waals surface area (Å²) in [5.41, 5.74) is 6.09. The number of carbonyl (C=O) groups is 1. The number of nitrogens with one attached hydrogen (secondary N) is 1. The summed E-state index contributed by atoms with van der Waals surface area (Å²) in [4.78, 5) is 17.7. The largest absolute Gasteiger partial charge is 0.507 e. The van der Waals surface area contributed by atoms with Crippen LogP contribution < -0.4 is 14.8 Å². The van der Waals surface area contributed by atoms with Gasteiger partial charge in [0.1, 0.15) is 17.5 Å². The normalized spacial score (nSPS) is 24.3. The molecule has 2 unspecified atom stereocenters. The minimum Gasteiger partial charge on any atom is -0.507 e. The van der Waals surface area contributed by atoms with Crippen molar-refractivity contribution in [3.05, 3.63) is 45.0 Å². The fraction of sp³-hybridized carbons (Fsp3) is 0.611. The Kier molecular flexibility index (Phi) is 11.2. The number of piperazine rings is 1. The molecule has 1 fully saturated rings. The number of ether oxygens (including phenoxy) is 2. The van der Waals surface area contributed by atoms with E-state index in [1.54, 1.807) is 0 Å². The Balaban J connectivity index is 0.00000417. The van der Waals surface area contributed by atoms with E-state index in [9.17, 15) is 20.3 Å². The molecule has 4 aliphatic rings. The number of hydrogen-bond acceptors (Lipinski definition) is 8. The van der Waals surface area contributed by atoms with Gasteiger partial charge in [-0.15, -0.1) is 0 Å². The van der Waals surface area contributed by atoms with Crippen molar-refractivity contribution in [2.45, 2.75) is 122 Å². The van der Waals surface area contributed by atoms with E-state index in [1.807, 2.05) is 27.8 Å². The van der Waals surface area contributed by atoms with Crippen LogP contribution in [0, 0.1) is 76.2 Å². The van der Waals surface area contributed by atoms with Gasteiger partial charge in [-0.1, -0.05) is 51.5 Å². The third-order valence-corrected chi connectivity index (χ3v) is 11.0. The second-order valence-corrected chi connectivity index (χ2v) is 13.5. The number of phenolic OH excluding ortho intramolecular Hbond substituents is 2. The summed E-state index contributed by atoms with van der Waals surface area (Å²) >= 11 is 0. The van der Waals surface area contributed by atoms with Gasteiger partial charge in [-0.3, -0.25) is 14.6 Å². The van der Waals surface area contributed by atoms with Crippen LogP contribution in [0.4, 0.5) is 0 Å². The molecule has 46 heavy (non-hydrogen) atoms. The minimum atomic E-state index is -0.479. The number of amides is 1.